The molecule has 0 aliphatic rings. The number of ether oxygens (including phenoxy) is 1. The highest BCUT2D eigenvalue weighted by Crippen LogP contribution is 2.20. The summed E-state index contributed by atoms with van der Waals surface area (Å²) >= 11 is 1.48. The SMILES string of the molecule is COCc1cc(N)nc(-c2cncs2)n1. The number of methoxy groups -OCH3 is 1. The minimum Gasteiger partial charge on any atom is -0.384 e. The van der Waals surface area contributed by atoms with Crippen LogP contribution in [0.15, 0.2) is 17.8 Å². The smallest absolute Gasteiger partial charge is 0.173 e. The van der Waals surface area contributed by atoms with Gasteiger partial charge in [-0.1, -0.05) is 0 Å². The molecule has 2 heterocycles. The van der Waals surface area contributed by atoms with Crippen molar-refractivity contribution in [3.05, 3.63) is 23.5 Å². The molecule has 5 nitrogen and oxygen atoms in total. The van der Waals surface area contributed by atoms with Crippen molar-refractivity contribution in [2.24, 2.45) is 0 Å². The third-order valence-corrected chi connectivity index (χ3v) is 2.51. The molecule has 2 N–H and O–H groups in total. The average Bonchev–Trinajstić information content (AvgIpc) is 2.70. The lowest BCUT2D eigenvalue weighted by molar-refractivity contribution is 0.181. The Labute approximate surface area is 91.0 Å². The molecule has 6 heteroatoms. The fourth-order valence-electron chi connectivity index (χ4n) is 1.18. The van der Waals surface area contributed by atoms with Gasteiger partial charge in [0, 0.05) is 19.4 Å². The summed E-state index contributed by atoms with van der Waals surface area (Å²) in [7, 11) is 1.62. The second-order valence-corrected chi connectivity index (χ2v) is 3.79. The van der Waals surface area contributed by atoms with E-state index in [0.717, 1.165) is 10.6 Å². The predicted octanol–water partition coefficient (Wildman–Crippen LogP) is 1.33. The van der Waals surface area contributed by atoms with Crippen molar-refractivity contribution in [3.8, 4) is 10.7 Å². The summed E-state index contributed by atoms with van der Waals surface area (Å²) in [5, 5.41) is 0. The van der Waals surface area contributed by atoms with Crippen LogP contribution in [0, 0.1) is 0 Å². The summed E-state index contributed by atoms with van der Waals surface area (Å²) in [6.07, 6.45) is 1.72. The van der Waals surface area contributed by atoms with E-state index < -0.39 is 0 Å². The van der Waals surface area contributed by atoms with Gasteiger partial charge in [-0.05, 0) is 0 Å². The fraction of sp³-hybridized carbons (Fsp3) is 0.222. The largest absolute Gasteiger partial charge is 0.384 e. The Morgan fingerprint density at radius 2 is 2.33 bits per heavy atom. The zero-order valence-electron chi connectivity index (χ0n) is 8.17. The van der Waals surface area contributed by atoms with Gasteiger partial charge in [0.25, 0.3) is 0 Å². The summed E-state index contributed by atoms with van der Waals surface area (Å²) in [4.78, 5) is 13.3. The van der Waals surface area contributed by atoms with Crippen LogP contribution in [0.4, 0.5) is 5.82 Å². The van der Waals surface area contributed by atoms with Crippen LogP contribution < -0.4 is 5.73 Å². The maximum absolute atomic E-state index is 5.67. The third kappa shape index (κ3) is 2.28. The molecular weight excluding hydrogens is 212 g/mol. The number of thiazole rings is 1. The first kappa shape index (κ1) is 10.0. The molecule has 2 aromatic rings. The number of aromatic nitrogens is 3. The van der Waals surface area contributed by atoms with Gasteiger partial charge in [-0.2, -0.15) is 0 Å². The van der Waals surface area contributed by atoms with E-state index in [0.29, 0.717) is 18.2 Å². The molecule has 15 heavy (non-hydrogen) atoms. The number of nitrogens with two attached hydrogens (primary N) is 1. The zero-order chi connectivity index (χ0) is 10.7. The molecule has 2 aromatic heterocycles. The Kier molecular flexibility index (Phi) is 2.89. The van der Waals surface area contributed by atoms with E-state index in [-0.39, 0.29) is 0 Å². The van der Waals surface area contributed by atoms with Gasteiger partial charge in [-0.3, -0.25) is 4.98 Å². The summed E-state index contributed by atoms with van der Waals surface area (Å²) in [6.45, 7) is 0.429. The zero-order valence-corrected chi connectivity index (χ0v) is 8.99. The highest BCUT2D eigenvalue weighted by molar-refractivity contribution is 7.13. The van der Waals surface area contributed by atoms with Gasteiger partial charge in [-0.15, -0.1) is 11.3 Å². The highest BCUT2D eigenvalue weighted by atomic mass is 32.1. The molecule has 0 bridgehead atoms. The standard InChI is InChI=1S/C9H10N4OS/c1-14-4-6-2-8(10)13-9(12-6)7-3-11-5-15-7/h2-3,5H,4H2,1H3,(H2,10,12,13). The van der Waals surface area contributed by atoms with Gasteiger partial charge in [0.15, 0.2) is 5.82 Å². The van der Waals surface area contributed by atoms with Crippen LogP contribution in [0.1, 0.15) is 5.69 Å². The van der Waals surface area contributed by atoms with Crippen LogP contribution in [0.5, 0.6) is 0 Å². The van der Waals surface area contributed by atoms with Crippen molar-refractivity contribution in [1.82, 2.24) is 15.0 Å². The number of nitrogen functional groups attached to an aromatic ring is 1. The van der Waals surface area contributed by atoms with Crippen LogP contribution >= 0.6 is 11.3 Å². The van der Waals surface area contributed by atoms with Gasteiger partial charge < -0.3 is 10.5 Å². The lowest BCUT2D eigenvalue weighted by atomic mass is 10.4. The summed E-state index contributed by atoms with van der Waals surface area (Å²) in [6, 6.07) is 1.70. The van der Waals surface area contributed by atoms with Crippen LogP contribution in [0.3, 0.4) is 0 Å². The van der Waals surface area contributed by atoms with Gasteiger partial charge in [0.05, 0.1) is 22.7 Å². The number of hydrogen-bond donors (Lipinski definition) is 1. The van der Waals surface area contributed by atoms with E-state index in [2.05, 4.69) is 15.0 Å². The lowest BCUT2D eigenvalue weighted by Gasteiger charge is -2.02. The number of rotatable bonds is 3. The Hall–Kier alpha value is -1.53. The molecule has 0 saturated carbocycles. The maximum Gasteiger partial charge on any atom is 0.173 e. The quantitative estimate of drug-likeness (QED) is 0.848. The summed E-state index contributed by atoms with van der Waals surface area (Å²) in [5.74, 6) is 1.05. The molecule has 0 saturated heterocycles. The minimum absolute atomic E-state index is 0.429. The van der Waals surface area contributed by atoms with E-state index in [1.807, 2.05) is 0 Å². The van der Waals surface area contributed by atoms with Crippen molar-refractivity contribution < 1.29 is 4.74 Å². The molecule has 0 amide bonds. The Balaban J connectivity index is 2.40. The first-order valence-corrected chi connectivity index (χ1v) is 5.19. The van der Waals surface area contributed by atoms with Crippen molar-refractivity contribution in [2.75, 3.05) is 12.8 Å². The van der Waals surface area contributed by atoms with Crippen LogP contribution in [-0.4, -0.2) is 22.1 Å². The molecule has 0 aliphatic carbocycles. The van der Waals surface area contributed by atoms with Gasteiger partial charge in [0.1, 0.15) is 5.82 Å². The Bertz CT molecular complexity index is 443. The third-order valence-electron chi connectivity index (χ3n) is 1.74. The maximum atomic E-state index is 5.67. The normalized spacial score (nSPS) is 10.5. The summed E-state index contributed by atoms with van der Waals surface area (Å²) in [5.41, 5.74) is 8.18. The lowest BCUT2D eigenvalue weighted by Crippen LogP contribution is -2.00. The van der Waals surface area contributed by atoms with Crippen LogP contribution in [-0.2, 0) is 11.3 Å². The molecule has 0 unspecified atom stereocenters. The molecule has 0 aliphatic heterocycles. The summed E-state index contributed by atoms with van der Waals surface area (Å²) < 4.78 is 5.00. The van der Waals surface area contributed by atoms with E-state index in [1.165, 1.54) is 11.3 Å². The second kappa shape index (κ2) is 4.33. The van der Waals surface area contributed by atoms with Crippen LogP contribution in [0.2, 0.25) is 0 Å². The second-order valence-electron chi connectivity index (χ2n) is 2.91. The molecule has 0 spiro atoms. The number of nitrogens with zero attached hydrogens (tertiary/aromatic N) is 3. The molecule has 78 valence electrons. The average molecular weight is 222 g/mol. The van der Waals surface area contributed by atoms with Gasteiger partial charge >= 0.3 is 0 Å². The van der Waals surface area contributed by atoms with Gasteiger partial charge in [-0.25, -0.2) is 9.97 Å². The van der Waals surface area contributed by atoms with E-state index in [4.69, 9.17) is 10.5 Å². The first-order valence-electron chi connectivity index (χ1n) is 4.31. The Morgan fingerprint density at radius 1 is 1.47 bits per heavy atom. The van der Waals surface area contributed by atoms with Crippen molar-refractivity contribution in [2.45, 2.75) is 6.61 Å². The van der Waals surface area contributed by atoms with E-state index >= 15 is 0 Å². The molecule has 2 rings (SSSR count). The van der Waals surface area contributed by atoms with Gasteiger partial charge in [0.2, 0.25) is 0 Å². The molecule has 0 fully saturated rings. The first-order chi connectivity index (χ1) is 7.29. The molecular formula is C9H10N4OS. The molecule has 0 atom stereocenters. The van der Waals surface area contributed by atoms with E-state index in [9.17, 15) is 0 Å². The highest BCUT2D eigenvalue weighted by Gasteiger charge is 2.06. The predicted molar refractivity (Wildman–Crippen MR) is 58.3 cm³/mol. The topological polar surface area (TPSA) is 73.9 Å². The Morgan fingerprint density at radius 3 is 3.00 bits per heavy atom. The number of hydrogen-bond acceptors (Lipinski definition) is 6. The monoisotopic (exact) mass is 222 g/mol. The molecule has 0 aromatic carbocycles. The fourth-order valence-corrected chi connectivity index (χ4v) is 1.73. The van der Waals surface area contributed by atoms with Crippen molar-refractivity contribution in [3.63, 3.8) is 0 Å². The van der Waals surface area contributed by atoms with Crippen LogP contribution in [0.25, 0.3) is 10.7 Å². The molecule has 0 radical (unpaired) electrons. The van der Waals surface area contributed by atoms with Crippen molar-refractivity contribution in [1.29, 1.82) is 0 Å². The van der Waals surface area contributed by atoms with E-state index in [1.54, 1.807) is 24.9 Å². The number of anilines is 1. The minimum atomic E-state index is 0.429. The van der Waals surface area contributed by atoms with Crippen molar-refractivity contribution >= 4 is 17.2 Å².